The molecule has 0 atom stereocenters. The van der Waals surface area contributed by atoms with E-state index in [2.05, 4.69) is 10.3 Å². The fourth-order valence-corrected chi connectivity index (χ4v) is 3.05. The van der Waals surface area contributed by atoms with Gasteiger partial charge in [0, 0.05) is 37.5 Å². The summed E-state index contributed by atoms with van der Waals surface area (Å²) in [5.74, 6) is -0.737. The Balaban J connectivity index is 1.69. The average Bonchev–Trinajstić information content (AvgIpc) is 2.80. The van der Waals surface area contributed by atoms with E-state index in [0.717, 1.165) is 19.0 Å². The Hall–Kier alpha value is -1.98. The van der Waals surface area contributed by atoms with Crippen LogP contribution < -0.4 is 5.32 Å². The number of nitrogens with one attached hydrogen (secondary N) is 1. The van der Waals surface area contributed by atoms with Crippen molar-refractivity contribution in [3.63, 3.8) is 0 Å². The van der Waals surface area contributed by atoms with E-state index < -0.39 is 5.95 Å². The maximum Gasteiger partial charge on any atom is 0.254 e. The number of rotatable bonds is 1. The van der Waals surface area contributed by atoms with E-state index in [-0.39, 0.29) is 17.2 Å². The van der Waals surface area contributed by atoms with Gasteiger partial charge in [0.2, 0.25) is 11.9 Å². The molecule has 5 nitrogen and oxygen atoms in total. The molecule has 0 saturated carbocycles. The van der Waals surface area contributed by atoms with Crippen LogP contribution >= 0.6 is 0 Å². The van der Waals surface area contributed by atoms with Gasteiger partial charge >= 0.3 is 0 Å². The fraction of sp³-hybridized carbons (Fsp3) is 0.500. The Bertz CT molecular complexity index is 553. The molecule has 106 valence electrons. The van der Waals surface area contributed by atoms with Crippen LogP contribution in [0, 0.1) is 11.4 Å². The highest BCUT2D eigenvalue weighted by molar-refractivity contribution is 5.94. The number of piperidine rings is 1. The minimum atomic E-state index is -0.653. The number of hydrogen-bond acceptors (Lipinski definition) is 3. The molecule has 6 heteroatoms. The number of hydrogen-bond donors (Lipinski definition) is 1. The highest BCUT2D eigenvalue weighted by Crippen LogP contribution is 2.38. The van der Waals surface area contributed by atoms with Crippen LogP contribution in [-0.2, 0) is 4.79 Å². The minimum Gasteiger partial charge on any atom is -0.356 e. The zero-order valence-corrected chi connectivity index (χ0v) is 11.1. The van der Waals surface area contributed by atoms with E-state index in [9.17, 15) is 14.0 Å². The van der Waals surface area contributed by atoms with Crippen molar-refractivity contribution in [2.75, 3.05) is 19.6 Å². The van der Waals surface area contributed by atoms with Crippen LogP contribution in [0.15, 0.2) is 18.3 Å². The summed E-state index contributed by atoms with van der Waals surface area (Å²) < 4.78 is 13.1. The SMILES string of the molecule is O=C(c1ccnc(F)c1)N1CCC2(CCNC2=O)CC1. The highest BCUT2D eigenvalue weighted by atomic mass is 19.1. The Labute approximate surface area is 116 Å². The molecule has 0 bridgehead atoms. The fourth-order valence-electron chi connectivity index (χ4n) is 3.05. The third-order valence-electron chi connectivity index (χ3n) is 4.35. The Morgan fingerprint density at radius 1 is 1.35 bits per heavy atom. The summed E-state index contributed by atoms with van der Waals surface area (Å²) in [6.45, 7) is 1.80. The van der Waals surface area contributed by atoms with Crippen molar-refractivity contribution < 1.29 is 14.0 Å². The van der Waals surface area contributed by atoms with Crippen LogP contribution in [-0.4, -0.2) is 41.3 Å². The monoisotopic (exact) mass is 277 g/mol. The largest absolute Gasteiger partial charge is 0.356 e. The van der Waals surface area contributed by atoms with Crippen molar-refractivity contribution in [1.82, 2.24) is 15.2 Å². The molecule has 20 heavy (non-hydrogen) atoms. The molecular weight excluding hydrogens is 261 g/mol. The van der Waals surface area contributed by atoms with Crippen LogP contribution in [0.3, 0.4) is 0 Å². The zero-order chi connectivity index (χ0) is 14.2. The summed E-state index contributed by atoms with van der Waals surface area (Å²) in [5.41, 5.74) is 0.0182. The van der Waals surface area contributed by atoms with Gasteiger partial charge in [-0.3, -0.25) is 9.59 Å². The van der Waals surface area contributed by atoms with Gasteiger partial charge in [0.25, 0.3) is 5.91 Å². The smallest absolute Gasteiger partial charge is 0.254 e. The summed E-state index contributed by atoms with van der Waals surface area (Å²) in [5, 5.41) is 2.86. The van der Waals surface area contributed by atoms with E-state index in [1.54, 1.807) is 4.90 Å². The second-order valence-corrected chi connectivity index (χ2v) is 5.45. The van der Waals surface area contributed by atoms with Gasteiger partial charge in [0.1, 0.15) is 0 Å². The minimum absolute atomic E-state index is 0.111. The Morgan fingerprint density at radius 3 is 2.70 bits per heavy atom. The molecule has 0 aliphatic carbocycles. The topological polar surface area (TPSA) is 62.3 Å². The van der Waals surface area contributed by atoms with Gasteiger partial charge in [-0.2, -0.15) is 4.39 Å². The zero-order valence-electron chi connectivity index (χ0n) is 11.1. The van der Waals surface area contributed by atoms with Crippen molar-refractivity contribution in [2.24, 2.45) is 5.41 Å². The van der Waals surface area contributed by atoms with Gasteiger partial charge in [0.15, 0.2) is 0 Å². The Morgan fingerprint density at radius 2 is 2.10 bits per heavy atom. The van der Waals surface area contributed by atoms with Crippen molar-refractivity contribution in [3.05, 3.63) is 29.8 Å². The van der Waals surface area contributed by atoms with E-state index in [1.807, 2.05) is 0 Å². The third kappa shape index (κ3) is 2.15. The van der Waals surface area contributed by atoms with Gasteiger partial charge < -0.3 is 10.2 Å². The van der Waals surface area contributed by atoms with Crippen molar-refractivity contribution in [1.29, 1.82) is 0 Å². The number of halogens is 1. The van der Waals surface area contributed by atoms with Crippen LogP contribution in [0.25, 0.3) is 0 Å². The first-order chi connectivity index (χ1) is 9.61. The van der Waals surface area contributed by atoms with Gasteiger partial charge in [-0.15, -0.1) is 0 Å². The number of likely N-dealkylation sites (tertiary alicyclic amines) is 1. The summed E-state index contributed by atoms with van der Waals surface area (Å²) in [7, 11) is 0. The molecule has 2 aliphatic heterocycles. The number of carbonyl (C=O) groups is 2. The molecule has 2 fully saturated rings. The molecule has 1 aromatic heterocycles. The molecule has 0 radical (unpaired) electrons. The normalized spacial score (nSPS) is 21.1. The lowest BCUT2D eigenvalue weighted by molar-refractivity contribution is -0.129. The predicted molar refractivity (Wildman–Crippen MR) is 69.4 cm³/mol. The molecule has 2 aliphatic rings. The number of amides is 2. The molecule has 0 aromatic carbocycles. The lowest BCUT2D eigenvalue weighted by atomic mass is 9.77. The standard InChI is InChI=1S/C14H16FN3O2/c15-11-9-10(1-5-16-11)12(19)18-7-3-14(4-8-18)2-6-17-13(14)20/h1,5,9H,2-4,6-8H2,(H,17,20). The van der Waals surface area contributed by atoms with E-state index in [4.69, 9.17) is 0 Å². The van der Waals surface area contributed by atoms with Crippen LogP contribution in [0.5, 0.6) is 0 Å². The van der Waals surface area contributed by atoms with Gasteiger partial charge in [-0.05, 0) is 25.3 Å². The first-order valence-corrected chi connectivity index (χ1v) is 6.80. The first kappa shape index (κ1) is 13.0. The molecule has 1 N–H and O–H groups in total. The maximum absolute atomic E-state index is 13.1. The molecular formula is C14H16FN3O2. The van der Waals surface area contributed by atoms with Gasteiger partial charge in [-0.25, -0.2) is 4.98 Å². The molecule has 3 heterocycles. The van der Waals surface area contributed by atoms with E-state index >= 15 is 0 Å². The number of nitrogens with zero attached hydrogens (tertiary/aromatic N) is 2. The molecule has 0 unspecified atom stereocenters. The van der Waals surface area contributed by atoms with Crippen LogP contribution in [0.2, 0.25) is 0 Å². The second-order valence-electron chi connectivity index (χ2n) is 5.45. The number of pyridine rings is 1. The summed E-state index contributed by atoms with van der Waals surface area (Å²) >= 11 is 0. The molecule has 1 aromatic rings. The lowest BCUT2D eigenvalue weighted by Gasteiger charge is -2.37. The quantitative estimate of drug-likeness (QED) is 0.778. The second kappa shape index (κ2) is 4.85. The highest BCUT2D eigenvalue weighted by Gasteiger charge is 2.45. The summed E-state index contributed by atoms with van der Waals surface area (Å²) in [6, 6.07) is 2.66. The van der Waals surface area contributed by atoms with Crippen molar-refractivity contribution >= 4 is 11.8 Å². The molecule has 1 spiro atoms. The van der Waals surface area contributed by atoms with Crippen molar-refractivity contribution in [3.8, 4) is 0 Å². The third-order valence-corrected chi connectivity index (χ3v) is 4.35. The van der Waals surface area contributed by atoms with Gasteiger partial charge in [-0.1, -0.05) is 0 Å². The lowest BCUT2D eigenvalue weighted by Crippen LogP contribution is -2.46. The molecule has 2 amide bonds. The number of aromatic nitrogens is 1. The summed E-state index contributed by atoms with van der Waals surface area (Å²) in [6.07, 6.45) is 3.49. The predicted octanol–water partition coefficient (Wildman–Crippen LogP) is 0.963. The molecule has 2 saturated heterocycles. The Kier molecular flexibility index (Phi) is 3.16. The average molecular weight is 277 g/mol. The number of carbonyl (C=O) groups excluding carboxylic acids is 2. The van der Waals surface area contributed by atoms with Crippen molar-refractivity contribution in [2.45, 2.75) is 19.3 Å². The van der Waals surface area contributed by atoms with E-state index in [0.29, 0.717) is 31.5 Å². The summed E-state index contributed by atoms with van der Waals surface area (Å²) in [4.78, 5) is 29.3. The first-order valence-electron chi connectivity index (χ1n) is 6.80. The van der Waals surface area contributed by atoms with E-state index in [1.165, 1.54) is 12.3 Å². The van der Waals surface area contributed by atoms with Crippen LogP contribution in [0.1, 0.15) is 29.6 Å². The maximum atomic E-state index is 13.1. The van der Waals surface area contributed by atoms with Gasteiger partial charge in [0.05, 0.1) is 5.41 Å². The van der Waals surface area contributed by atoms with Crippen LogP contribution in [0.4, 0.5) is 4.39 Å². The molecule has 3 rings (SSSR count).